The molecule has 0 unspecified atom stereocenters. The topological polar surface area (TPSA) is 55.0 Å². The van der Waals surface area contributed by atoms with Crippen LogP contribution in [0.4, 0.5) is 0 Å². The lowest BCUT2D eigenvalue weighted by Crippen LogP contribution is -2.09. The summed E-state index contributed by atoms with van der Waals surface area (Å²) in [6.07, 6.45) is 8.92. The van der Waals surface area contributed by atoms with Gasteiger partial charge in [-0.2, -0.15) is 5.10 Å². The molecule has 1 aliphatic rings. The second-order valence-electron chi connectivity index (χ2n) is 6.36. The van der Waals surface area contributed by atoms with E-state index < -0.39 is 0 Å². The van der Waals surface area contributed by atoms with E-state index in [0.29, 0.717) is 5.39 Å². The van der Waals surface area contributed by atoms with Gasteiger partial charge in [0.2, 0.25) is 0 Å². The van der Waals surface area contributed by atoms with Gasteiger partial charge in [0.1, 0.15) is 11.4 Å². The van der Waals surface area contributed by atoms with Crippen molar-refractivity contribution >= 4 is 22.5 Å². The van der Waals surface area contributed by atoms with Crippen LogP contribution < -0.4 is 10.3 Å². The molecule has 0 aliphatic heterocycles. The number of H-pyrrole nitrogens is 1. The van der Waals surface area contributed by atoms with Gasteiger partial charge in [-0.1, -0.05) is 36.4 Å². The van der Waals surface area contributed by atoms with E-state index >= 15 is 0 Å². The van der Waals surface area contributed by atoms with Crippen molar-refractivity contribution in [1.29, 1.82) is 0 Å². The number of allylic oxidation sites excluding steroid dienone is 3. The van der Waals surface area contributed by atoms with Gasteiger partial charge in [-0.25, -0.2) is 5.10 Å². The highest BCUT2D eigenvalue weighted by Crippen LogP contribution is 2.33. The highest BCUT2D eigenvalue weighted by Gasteiger charge is 2.13. The van der Waals surface area contributed by atoms with E-state index in [0.717, 1.165) is 45.9 Å². The molecule has 0 amide bonds. The van der Waals surface area contributed by atoms with E-state index in [1.54, 1.807) is 18.9 Å². The highest BCUT2D eigenvalue weighted by molar-refractivity contribution is 7.99. The molecular formula is C22H20N2O2S. The molecule has 4 rings (SSSR count). The Morgan fingerprint density at radius 2 is 2.04 bits per heavy atom. The third-order valence-electron chi connectivity index (χ3n) is 4.60. The zero-order chi connectivity index (χ0) is 18.6. The SMILES string of the molecule is COc1ccccc1-c1n[nH]c(=O)c2cc(SCC3=CCCC=C3)ccc12. The Morgan fingerprint density at radius 1 is 1.15 bits per heavy atom. The molecule has 0 fully saturated rings. The molecule has 136 valence electrons. The Labute approximate surface area is 162 Å². The predicted molar refractivity (Wildman–Crippen MR) is 112 cm³/mol. The fourth-order valence-corrected chi connectivity index (χ4v) is 4.13. The zero-order valence-corrected chi connectivity index (χ0v) is 15.9. The van der Waals surface area contributed by atoms with Gasteiger partial charge in [0, 0.05) is 21.6 Å². The first-order chi connectivity index (χ1) is 13.3. The van der Waals surface area contributed by atoms with Crippen molar-refractivity contribution in [3.8, 4) is 17.0 Å². The molecule has 1 heterocycles. The molecule has 0 saturated heterocycles. The van der Waals surface area contributed by atoms with E-state index in [-0.39, 0.29) is 5.56 Å². The Kier molecular flexibility index (Phi) is 5.12. The minimum Gasteiger partial charge on any atom is -0.496 e. The van der Waals surface area contributed by atoms with Crippen LogP contribution in [0.5, 0.6) is 5.75 Å². The Hall–Kier alpha value is -2.79. The number of para-hydroxylation sites is 1. The summed E-state index contributed by atoms with van der Waals surface area (Å²) in [5, 5.41) is 8.39. The zero-order valence-electron chi connectivity index (χ0n) is 15.1. The number of fused-ring (bicyclic) bond motifs is 1. The van der Waals surface area contributed by atoms with Gasteiger partial charge in [0.05, 0.1) is 12.5 Å². The van der Waals surface area contributed by atoms with Crippen molar-refractivity contribution < 1.29 is 4.74 Å². The summed E-state index contributed by atoms with van der Waals surface area (Å²) in [6.45, 7) is 0. The summed E-state index contributed by atoms with van der Waals surface area (Å²) in [5.74, 6) is 1.64. The number of thioether (sulfide) groups is 1. The van der Waals surface area contributed by atoms with Gasteiger partial charge in [-0.3, -0.25) is 4.79 Å². The first kappa shape index (κ1) is 17.6. The molecule has 0 atom stereocenters. The van der Waals surface area contributed by atoms with E-state index in [9.17, 15) is 4.79 Å². The van der Waals surface area contributed by atoms with Crippen molar-refractivity contribution in [2.75, 3.05) is 12.9 Å². The van der Waals surface area contributed by atoms with E-state index in [1.807, 2.05) is 36.4 Å². The fourth-order valence-electron chi connectivity index (χ4n) is 3.22. The van der Waals surface area contributed by atoms with Crippen LogP contribution in [0.1, 0.15) is 12.8 Å². The molecule has 2 aromatic carbocycles. The molecule has 3 aromatic rings. The second-order valence-corrected chi connectivity index (χ2v) is 7.41. The monoisotopic (exact) mass is 376 g/mol. The predicted octanol–water partition coefficient (Wildman–Crippen LogP) is 4.97. The van der Waals surface area contributed by atoms with Crippen molar-refractivity contribution in [3.05, 3.63) is 76.6 Å². The number of aromatic nitrogens is 2. The normalized spacial score (nSPS) is 13.6. The van der Waals surface area contributed by atoms with Crippen molar-refractivity contribution in [1.82, 2.24) is 10.2 Å². The summed E-state index contributed by atoms with van der Waals surface area (Å²) < 4.78 is 5.46. The lowest BCUT2D eigenvalue weighted by atomic mass is 10.0. The molecule has 4 nitrogen and oxygen atoms in total. The number of aromatic amines is 1. The quantitative estimate of drug-likeness (QED) is 0.639. The lowest BCUT2D eigenvalue weighted by molar-refractivity contribution is 0.416. The van der Waals surface area contributed by atoms with Gasteiger partial charge in [0.15, 0.2) is 0 Å². The number of nitrogens with one attached hydrogen (secondary N) is 1. The largest absolute Gasteiger partial charge is 0.496 e. The summed E-state index contributed by atoms with van der Waals surface area (Å²) in [5.41, 5.74) is 2.74. The molecule has 0 bridgehead atoms. The number of nitrogens with zero attached hydrogens (tertiary/aromatic N) is 1. The molecule has 0 saturated carbocycles. The fraction of sp³-hybridized carbons (Fsp3) is 0.182. The third kappa shape index (κ3) is 3.69. The van der Waals surface area contributed by atoms with Crippen LogP contribution in [0, 0.1) is 0 Å². The van der Waals surface area contributed by atoms with E-state index in [4.69, 9.17) is 4.74 Å². The standard InChI is InChI=1S/C22H20N2O2S/c1-26-20-10-6-5-9-18(20)21-17-12-11-16(13-19(17)22(25)24-23-21)27-14-15-7-3-2-4-8-15/h3,5-13H,2,4,14H2,1H3,(H,24,25). The Balaban J connectivity index is 1.72. The maximum atomic E-state index is 12.4. The molecule has 5 heteroatoms. The van der Waals surface area contributed by atoms with Gasteiger partial charge in [-0.05, 0) is 42.7 Å². The minimum absolute atomic E-state index is 0.178. The summed E-state index contributed by atoms with van der Waals surface area (Å²) >= 11 is 1.74. The number of hydrogen-bond donors (Lipinski definition) is 1. The first-order valence-corrected chi connectivity index (χ1v) is 9.89. The average molecular weight is 376 g/mol. The van der Waals surface area contributed by atoms with Crippen molar-refractivity contribution in [2.45, 2.75) is 17.7 Å². The van der Waals surface area contributed by atoms with Crippen LogP contribution in [0.25, 0.3) is 22.0 Å². The van der Waals surface area contributed by atoms with Crippen molar-refractivity contribution in [3.63, 3.8) is 0 Å². The van der Waals surface area contributed by atoms with Crippen LogP contribution in [-0.2, 0) is 0 Å². The number of benzene rings is 2. The van der Waals surface area contributed by atoms with Gasteiger partial charge >= 0.3 is 0 Å². The van der Waals surface area contributed by atoms with Crippen LogP contribution in [0.3, 0.4) is 0 Å². The van der Waals surface area contributed by atoms with Gasteiger partial charge in [-0.15, -0.1) is 11.8 Å². The second kappa shape index (κ2) is 7.84. The molecule has 1 N–H and O–H groups in total. The summed E-state index contributed by atoms with van der Waals surface area (Å²) in [7, 11) is 1.63. The minimum atomic E-state index is -0.178. The van der Waals surface area contributed by atoms with E-state index in [1.165, 1.54) is 5.57 Å². The number of rotatable bonds is 5. The summed E-state index contributed by atoms with van der Waals surface area (Å²) in [4.78, 5) is 13.5. The van der Waals surface area contributed by atoms with Crippen LogP contribution in [-0.4, -0.2) is 23.1 Å². The smallest absolute Gasteiger partial charge is 0.272 e. The molecular weight excluding hydrogens is 356 g/mol. The molecule has 0 radical (unpaired) electrons. The Morgan fingerprint density at radius 3 is 2.85 bits per heavy atom. The number of hydrogen-bond acceptors (Lipinski definition) is 4. The molecule has 27 heavy (non-hydrogen) atoms. The third-order valence-corrected chi connectivity index (χ3v) is 5.66. The maximum Gasteiger partial charge on any atom is 0.272 e. The number of methoxy groups -OCH3 is 1. The summed E-state index contributed by atoms with van der Waals surface area (Å²) in [6, 6.07) is 13.7. The number of ether oxygens (including phenoxy) is 1. The average Bonchev–Trinajstić information content (AvgIpc) is 2.73. The van der Waals surface area contributed by atoms with Crippen LogP contribution in [0.2, 0.25) is 0 Å². The maximum absolute atomic E-state index is 12.4. The molecule has 1 aromatic heterocycles. The first-order valence-electron chi connectivity index (χ1n) is 8.90. The molecule has 1 aliphatic carbocycles. The van der Waals surface area contributed by atoms with Crippen LogP contribution >= 0.6 is 11.8 Å². The van der Waals surface area contributed by atoms with Crippen LogP contribution in [0.15, 0.2) is 76.0 Å². The van der Waals surface area contributed by atoms with Gasteiger partial charge < -0.3 is 4.74 Å². The van der Waals surface area contributed by atoms with Gasteiger partial charge in [0.25, 0.3) is 5.56 Å². The Bertz CT molecular complexity index is 1100. The highest BCUT2D eigenvalue weighted by atomic mass is 32.2. The van der Waals surface area contributed by atoms with Crippen molar-refractivity contribution in [2.24, 2.45) is 0 Å². The lowest BCUT2D eigenvalue weighted by Gasteiger charge is -2.11. The molecule has 0 spiro atoms. The van der Waals surface area contributed by atoms with E-state index in [2.05, 4.69) is 34.5 Å².